The first-order chi connectivity index (χ1) is 6.45. The third kappa shape index (κ3) is 2.76. The van der Waals surface area contributed by atoms with Gasteiger partial charge in [0, 0.05) is 18.2 Å². The van der Waals surface area contributed by atoms with Gasteiger partial charge in [-0.05, 0) is 14.0 Å². The van der Waals surface area contributed by atoms with Crippen LogP contribution in [0.3, 0.4) is 0 Å². The van der Waals surface area contributed by atoms with Crippen LogP contribution < -0.4 is 5.32 Å². The van der Waals surface area contributed by atoms with E-state index in [0.717, 1.165) is 5.69 Å². The lowest BCUT2D eigenvalue weighted by molar-refractivity contribution is 0.592. The van der Waals surface area contributed by atoms with E-state index in [9.17, 15) is 8.42 Å². The predicted molar refractivity (Wildman–Crippen MR) is 58.1 cm³/mol. The Bertz CT molecular complexity index is 397. The van der Waals surface area contributed by atoms with Gasteiger partial charge in [-0.2, -0.15) is 0 Å². The molecule has 80 valence electrons. The number of nitrogens with zero attached hydrogens (tertiary/aromatic N) is 1. The fourth-order valence-corrected chi connectivity index (χ4v) is 2.82. The van der Waals surface area contributed by atoms with Crippen molar-refractivity contribution in [2.45, 2.75) is 18.7 Å². The zero-order valence-electron chi connectivity index (χ0n) is 8.44. The number of sulfone groups is 1. The maximum Gasteiger partial charge on any atom is 0.156 e. The fourth-order valence-electron chi connectivity index (χ4n) is 0.955. The van der Waals surface area contributed by atoms with Crippen molar-refractivity contribution in [3.05, 3.63) is 16.1 Å². The fraction of sp³-hybridized carbons (Fsp3) is 0.625. The van der Waals surface area contributed by atoms with Crippen molar-refractivity contribution in [1.29, 1.82) is 0 Å². The molecule has 4 nitrogen and oxygen atoms in total. The molecule has 0 aromatic carbocycles. The minimum atomic E-state index is -3.03. The van der Waals surface area contributed by atoms with Crippen molar-refractivity contribution in [2.24, 2.45) is 0 Å². The van der Waals surface area contributed by atoms with E-state index in [1.165, 1.54) is 17.6 Å². The molecule has 0 aliphatic rings. The molecule has 1 atom stereocenters. The maximum atomic E-state index is 11.2. The lowest BCUT2D eigenvalue weighted by atomic mass is 10.4. The van der Waals surface area contributed by atoms with E-state index < -0.39 is 15.1 Å². The van der Waals surface area contributed by atoms with Crippen LogP contribution in [0.5, 0.6) is 0 Å². The van der Waals surface area contributed by atoms with Crippen LogP contribution >= 0.6 is 11.3 Å². The number of hydrogen-bond acceptors (Lipinski definition) is 5. The first-order valence-corrected chi connectivity index (χ1v) is 7.06. The Labute approximate surface area is 88.3 Å². The van der Waals surface area contributed by atoms with E-state index in [4.69, 9.17) is 0 Å². The van der Waals surface area contributed by atoms with Gasteiger partial charge in [-0.1, -0.05) is 0 Å². The Morgan fingerprint density at radius 1 is 1.64 bits per heavy atom. The molecule has 0 bridgehead atoms. The summed E-state index contributed by atoms with van der Waals surface area (Å²) in [6, 6.07) is 0. The van der Waals surface area contributed by atoms with E-state index in [1.54, 1.807) is 6.92 Å². The third-order valence-corrected chi connectivity index (χ3v) is 4.65. The summed E-state index contributed by atoms with van der Waals surface area (Å²) in [5, 5.41) is 5.01. The van der Waals surface area contributed by atoms with Crippen LogP contribution in [-0.4, -0.2) is 26.7 Å². The molecule has 0 aliphatic heterocycles. The molecule has 14 heavy (non-hydrogen) atoms. The van der Waals surface area contributed by atoms with Gasteiger partial charge in [-0.15, -0.1) is 11.3 Å². The van der Waals surface area contributed by atoms with Gasteiger partial charge in [0.1, 0.15) is 10.3 Å². The van der Waals surface area contributed by atoms with Crippen molar-refractivity contribution in [1.82, 2.24) is 10.3 Å². The number of hydrogen-bond donors (Lipinski definition) is 1. The maximum absolute atomic E-state index is 11.2. The van der Waals surface area contributed by atoms with Crippen LogP contribution in [0.1, 0.15) is 22.9 Å². The van der Waals surface area contributed by atoms with Crippen LogP contribution in [0.15, 0.2) is 5.38 Å². The highest BCUT2D eigenvalue weighted by Gasteiger charge is 2.20. The molecule has 1 rings (SSSR count). The zero-order chi connectivity index (χ0) is 10.8. The molecule has 6 heteroatoms. The second-order valence-corrected chi connectivity index (χ2v) is 6.44. The number of aromatic nitrogens is 1. The van der Waals surface area contributed by atoms with Crippen LogP contribution in [0.2, 0.25) is 0 Å². The van der Waals surface area contributed by atoms with Crippen LogP contribution in [0.25, 0.3) is 0 Å². The Morgan fingerprint density at radius 2 is 2.29 bits per heavy atom. The summed E-state index contributed by atoms with van der Waals surface area (Å²) in [5.74, 6) is 0. The molecule has 1 aromatic rings. The lowest BCUT2D eigenvalue weighted by Crippen LogP contribution is -2.09. The highest BCUT2D eigenvalue weighted by molar-refractivity contribution is 7.91. The molecule has 0 spiro atoms. The van der Waals surface area contributed by atoms with Crippen molar-refractivity contribution in [2.75, 3.05) is 13.3 Å². The predicted octanol–water partition coefficient (Wildman–Crippen LogP) is 0.968. The summed E-state index contributed by atoms with van der Waals surface area (Å²) < 4.78 is 22.5. The van der Waals surface area contributed by atoms with Gasteiger partial charge >= 0.3 is 0 Å². The summed E-state index contributed by atoms with van der Waals surface area (Å²) in [5.41, 5.74) is 0.892. The van der Waals surface area contributed by atoms with Gasteiger partial charge in [-0.3, -0.25) is 0 Å². The second kappa shape index (κ2) is 4.37. The highest BCUT2D eigenvalue weighted by Crippen LogP contribution is 2.24. The summed E-state index contributed by atoms with van der Waals surface area (Å²) in [6.45, 7) is 2.34. The van der Waals surface area contributed by atoms with Crippen LogP contribution in [-0.2, 0) is 16.4 Å². The monoisotopic (exact) mass is 234 g/mol. The molecule has 0 amide bonds. The van der Waals surface area contributed by atoms with Gasteiger partial charge in [0.2, 0.25) is 0 Å². The molecule has 0 saturated carbocycles. The van der Waals surface area contributed by atoms with E-state index >= 15 is 0 Å². The lowest BCUT2D eigenvalue weighted by Gasteiger charge is -2.04. The Hall–Kier alpha value is -0.460. The van der Waals surface area contributed by atoms with Crippen LogP contribution in [0, 0.1) is 0 Å². The number of thiazole rings is 1. The first-order valence-electron chi connectivity index (χ1n) is 4.23. The summed E-state index contributed by atoms with van der Waals surface area (Å²) >= 11 is 1.39. The molecule has 1 aromatic heterocycles. The SMILES string of the molecule is CNCc1csc(C(C)S(C)(=O)=O)n1. The van der Waals surface area contributed by atoms with Gasteiger partial charge in [0.05, 0.1) is 5.69 Å². The van der Waals surface area contributed by atoms with Gasteiger partial charge < -0.3 is 5.32 Å². The molecule has 0 fully saturated rings. The van der Waals surface area contributed by atoms with Gasteiger partial charge in [0.15, 0.2) is 9.84 Å². The molecule has 1 heterocycles. The molecular weight excluding hydrogens is 220 g/mol. The van der Waals surface area contributed by atoms with E-state index in [1.807, 2.05) is 12.4 Å². The van der Waals surface area contributed by atoms with Crippen molar-refractivity contribution in [3.63, 3.8) is 0 Å². The van der Waals surface area contributed by atoms with Crippen molar-refractivity contribution < 1.29 is 8.42 Å². The average Bonchev–Trinajstić information content (AvgIpc) is 2.50. The highest BCUT2D eigenvalue weighted by atomic mass is 32.2. The molecular formula is C8H14N2O2S2. The smallest absolute Gasteiger partial charge is 0.156 e. The Balaban J connectivity index is 2.87. The first kappa shape index (κ1) is 11.6. The minimum absolute atomic E-state index is 0.502. The van der Waals surface area contributed by atoms with E-state index in [-0.39, 0.29) is 0 Å². The number of rotatable bonds is 4. The largest absolute Gasteiger partial charge is 0.314 e. The summed E-state index contributed by atoms with van der Waals surface area (Å²) in [6.07, 6.45) is 1.23. The van der Waals surface area contributed by atoms with Crippen molar-refractivity contribution >= 4 is 21.2 Å². The third-order valence-electron chi connectivity index (χ3n) is 1.92. The molecule has 0 saturated heterocycles. The molecule has 1 unspecified atom stereocenters. The molecule has 0 radical (unpaired) electrons. The normalized spacial score (nSPS) is 14.2. The molecule has 1 N–H and O–H groups in total. The summed E-state index contributed by atoms with van der Waals surface area (Å²) in [7, 11) is -1.20. The average molecular weight is 234 g/mol. The van der Waals surface area contributed by atoms with Gasteiger partial charge in [-0.25, -0.2) is 13.4 Å². The Morgan fingerprint density at radius 3 is 2.79 bits per heavy atom. The van der Waals surface area contributed by atoms with E-state index in [2.05, 4.69) is 10.3 Å². The minimum Gasteiger partial charge on any atom is -0.314 e. The van der Waals surface area contributed by atoms with Gasteiger partial charge in [0.25, 0.3) is 0 Å². The number of nitrogens with one attached hydrogen (secondary N) is 1. The van der Waals surface area contributed by atoms with Crippen LogP contribution in [0.4, 0.5) is 0 Å². The Kier molecular flexibility index (Phi) is 3.63. The van der Waals surface area contributed by atoms with Crippen molar-refractivity contribution in [3.8, 4) is 0 Å². The molecule has 0 aliphatic carbocycles. The topological polar surface area (TPSA) is 59.1 Å². The standard InChI is InChI=1S/C8H14N2O2S2/c1-6(14(3,11)12)8-10-7(4-9-2)5-13-8/h5-6,9H,4H2,1-3H3. The quantitative estimate of drug-likeness (QED) is 0.843. The summed E-state index contributed by atoms with van der Waals surface area (Å²) in [4.78, 5) is 4.24. The van der Waals surface area contributed by atoms with E-state index in [0.29, 0.717) is 11.6 Å². The second-order valence-electron chi connectivity index (χ2n) is 3.18. The zero-order valence-corrected chi connectivity index (χ0v) is 10.1.